The molecular weight excluding hydrogens is 175 g/mol. The van der Waals surface area contributed by atoms with Crippen LogP contribution in [0.1, 0.15) is 41.0 Å². The van der Waals surface area contributed by atoms with Crippen LogP contribution in [0.4, 0.5) is 0 Å². The molecule has 0 aliphatic rings. The molecule has 0 amide bonds. The molecule has 0 rings (SSSR count). The molecule has 3 nitrogen and oxygen atoms in total. The molecule has 0 unspecified atom stereocenters. The largest absolute Gasteiger partial charge is 1.00 e. The van der Waals surface area contributed by atoms with Crippen molar-refractivity contribution in [1.82, 2.24) is 0 Å². The number of rotatable bonds is 3. The van der Waals surface area contributed by atoms with Gasteiger partial charge >= 0.3 is 29.6 Å². The van der Waals surface area contributed by atoms with Gasteiger partial charge < -0.3 is 1.43 Å². The predicted octanol–water partition coefficient (Wildman–Crippen LogP) is -0.616. The minimum absolute atomic E-state index is 0. The number of hydrogen-bond donors (Lipinski definition) is 2. The van der Waals surface area contributed by atoms with E-state index in [1.54, 1.807) is 0 Å². The van der Waals surface area contributed by atoms with Crippen LogP contribution in [-0.4, -0.2) is 13.3 Å². The van der Waals surface area contributed by atoms with Crippen LogP contribution in [0.15, 0.2) is 0 Å². The van der Waals surface area contributed by atoms with Crippen LogP contribution in [0.3, 0.4) is 0 Å². The summed E-state index contributed by atoms with van der Waals surface area (Å²) in [4.78, 5) is 0. The summed E-state index contributed by atoms with van der Waals surface area (Å²) in [5.74, 6) is 0. The Kier molecular flexibility index (Phi) is 28.2. The van der Waals surface area contributed by atoms with E-state index in [-0.39, 0.29) is 31.0 Å². The van der Waals surface area contributed by atoms with Crippen molar-refractivity contribution in [2.24, 2.45) is 0 Å². The van der Waals surface area contributed by atoms with Gasteiger partial charge in [-0.2, -0.15) is 4.21 Å². The van der Waals surface area contributed by atoms with E-state index in [1.165, 1.54) is 25.7 Å². The molecule has 0 aromatic heterocycles. The van der Waals surface area contributed by atoms with Crippen molar-refractivity contribution in [1.29, 1.82) is 0 Å². The van der Waals surface area contributed by atoms with E-state index in [1.807, 2.05) is 0 Å². The predicted molar refractivity (Wildman–Crippen MR) is 44.3 cm³/mol. The van der Waals surface area contributed by atoms with E-state index in [0.717, 1.165) is 0 Å². The molecule has 0 bridgehead atoms. The van der Waals surface area contributed by atoms with Gasteiger partial charge in [0.05, 0.1) is 0 Å². The third-order valence-electron chi connectivity index (χ3n) is 0.957. The SMILES string of the molecule is CCCCCC.O=S(O)O.[H-].[Na+]. The summed E-state index contributed by atoms with van der Waals surface area (Å²) in [5, 5.41) is 0. The van der Waals surface area contributed by atoms with Crippen LogP contribution < -0.4 is 29.6 Å². The second-order valence-electron chi connectivity index (χ2n) is 1.94. The van der Waals surface area contributed by atoms with Gasteiger partial charge in [-0.15, -0.1) is 0 Å². The number of unbranched alkanes of at least 4 members (excludes halogenated alkanes) is 3. The Morgan fingerprint density at radius 1 is 1.18 bits per heavy atom. The van der Waals surface area contributed by atoms with Gasteiger partial charge in [0.25, 0.3) is 11.4 Å². The molecule has 0 saturated heterocycles. The van der Waals surface area contributed by atoms with Gasteiger partial charge in [0.2, 0.25) is 0 Å². The Balaban J connectivity index is -0.0000000483. The Bertz CT molecular complexity index is 77.2. The summed E-state index contributed by atoms with van der Waals surface area (Å²) < 4.78 is 22.8. The molecule has 66 valence electrons. The average Bonchev–Trinajstić information content (AvgIpc) is 1.82. The molecule has 11 heavy (non-hydrogen) atoms. The normalized spacial score (nSPS) is 8.09. The Morgan fingerprint density at radius 3 is 1.45 bits per heavy atom. The van der Waals surface area contributed by atoms with Crippen molar-refractivity contribution < 1.29 is 44.3 Å². The van der Waals surface area contributed by atoms with Crippen molar-refractivity contribution in [3.05, 3.63) is 0 Å². The van der Waals surface area contributed by atoms with Crippen molar-refractivity contribution in [3.63, 3.8) is 0 Å². The van der Waals surface area contributed by atoms with Crippen LogP contribution >= 0.6 is 0 Å². The molecule has 2 N–H and O–H groups in total. The molecule has 0 aromatic carbocycles. The zero-order chi connectivity index (χ0) is 8.41. The first-order valence-corrected chi connectivity index (χ1v) is 4.51. The fourth-order valence-electron chi connectivity index (χ4n) is 0.500. The minimum atomic E-state index is -2.61. The molecule has 0 aromatic rings. The van der Waals surface area contributed by atoms with Crippen LogP contribution in [-0.2, 0) is 11.4 Å². The molecular formula is C6H17NaO3S. The quantitative estimate of drug-likeness (QED) is 0.356. The fourth-order valence-corrected chi connectivity index (χ4v) is 0.500. The van der Waals surface area contributed by atoms with E-state index >= 15 is 0 Å². The second kappa shape index (κ2) is 17.2. The molecule has 0 spiro atoms. The molecule has 0 saturated carbocycles. The van der Waals surface area contributed by atoms with E-state index in [9.17, 15) is 0 Å². The first-order chi connectivity index (χ1) is 4.65. The number of hydrogen-bond acceptors (Lipinski definition) is 1. The maximum Gasteiger partial charge on any atom is 1.00 e. The maximum atomic E-state index is 8.67. The maximum absolute atomic E-state index is 8.67. The van der Waals surface area contributed by atoms with Crippen molar-refractivity contribution in [2.45, 2.75) is 39.5 Å². The summed E-state index contributed by atoms with van der Waals surface area (Å²) in [7, 11) is 0. The van der Waals surface area contributed by atoms with Gasteiger partial charge in [0.1, 0.15) is 0 Å². The Morgan fingerprint density at radius 2 is 1.36 bits per heavy atom. The van der Waals surface area contributed by atoms with Gasteiger partial charge in [-0.3, -0.25) is 9.11 Å². The van der Waals surface area contributed by atoms with E-state index in [0.29, 0.717) is 0 Å². The Hall–Kier alpha value is 1.07. The molecule has 0 radical (unpaired) electrons. The Labute approximate surface area is 94.8 Å². The first kappa shape index (κ1) is 18.0. The third kappa shape index (κ3) is 55.0. The summed E-state index contributed by atoms with van der Waals surface area (Å²) in [6, 6.07) is 0. The standard InChI is InChI=1S/C6H14.Na.H2O3S.H/c1-3-5-6-4-2;;1-4(2)3;/h3-6H2,1-2H3;;(H2,1,2,3);/q;+1;;-1. The summed E-state index contributed by atoms with van der Waals surface area (Å²) in [6.07, 6.45) is 5.54. The second-order valence-corrected chi connectivity index (χ2v) is 2.40. The minimum Gasteiger partial charge on any atom is -1.00 e. The van der Waals surface area contributed by atoms with E-state index in [2.05, 4.69) is 13.8 Å². The fraction of sp³-hybridized carbons (Fsp3) is 1.00. The van der Waals surface area contributed by atoms with Crippen LogP contribution in [0, 0.1) is 0 Å². The van der Waals surface area contributed by atoms with Gasteiger partial charge in [0.15, 0.2) is 0 Å². The summed E-state index contributed by atoms with van der Waals surface area (Å²) in [6.45, 7) is 4.46. The molecule has 0 atom stereocenters. The summed E-state index contributed by atoms with van der Waals surface area (Å²) >= 11 is -2.61. The topological polar surface area (TPSA) is 57.5 Å². The molecule has 0 aliphatic carbocycles. The summed E-state index contributed by atoms with van der Waals surface area (Å²) in [5.41, 5.74) is 0. The van der Waals surface area contributed by atoms with Gasteiger partial charge in [-0.05, 0) is 0 Å². The van der Waals surface area contributed by atoms with Gasteiger partial charge in [-0.1, -0.05) is 39.5 Å². The first-order valence-electron chi connectivity index (χ1n) is 3.45. The van der Waals surface area contributed by atoms with E-state index < -0.39 is 11.4 Å². The van der Waals surface area contributed by atoms with Crippen molar-refractivity contribution in [2.75, 3.05) is 0 Å². The van der Waals surface area contributed by atoms with E-state index in [4.69, 9.17) is 13.3 Å². The van der Waals surface area contributed by atoms with Crippen molar-refractivity contribution >= 4 is 11.4 Å². The average molecular weight is 192 g/mol. The zero-order valence-corrected chi connectivity index (χ0v) is 10.4. The molecule has 5 heteroatoms. The molecule has 0 fully saturated rings. The monoisotopic (exact) mass is 192 g/mol. The molecule has 0 aliphatic heterocycles. The van der Waals surface area contributed by atoms with Crippen LogP contribution in [0.2, 0.25) is 0 Å². The smallest absolute Gasteiger partial charge is 1.00 e. The van der Waals surface area contributed by atoms with Crippen LogP contribution in [0.25, 0.3) is 0 Å². The third-order valence-corrected chi connectivity index (χ3v) is 0.957. The van der Waals surface area contributed by atoms with Crippen LogP contribution in [0.5, 0.6) is 0 Å². The van der Waals surface area contributed by atoms with Gasteiger partial charge in [-0.25, -0.2) is 0 Å². The zero-order valence-electron chi connectivity index (χ0n) is 8.54. The van der Waals surface area contributed by atoms with Crippen molar-refractivity contribution in [3.8, 4) is 0 Å². The molecule has 0 heterocycles. The van der Waals surface area contributed by atoms with Gasteiger partial charge in [0, 0.05) is 0 Å².